The van der Waals surface area contributed by atoms with Gasteiger partial charge in [0.05, 0.1) is 5.02 Å². The topological polar surface area (TPSA) is 20.3 Å². The summed E-state index contributed by atoms with van der Waals surface area (Å²) in [6.07, 6.45) is 3.69. The molecule has 2 nitrogen and oxygen atoms in total. The Balaban J connectivity index is 1.86. The lowest BCUT2D eigenvalue weighted by atomic mass is 9.97. The summed E-state index contributed by atoms with van der Waals surface area (Å²) >= 11 is 5.70. The molecule has 4 heteroatoms. The van der Waals surface area contributed by atoms with Crippen molar-refractivity contribution in [1.82, 2.24) is 4.90 Å². The Morgan fingerprint density at radius 1 is 1.09 bits per heavy atom. The Bertz CT molecular complexity index is 710. The van der Waals surface area contributed by atoms with E-state index in [0.29, 0.717) is 11.1 Å². The smallest absolute Gasteiger partial charge is 0.193 e. The molecule has 1 heterocycles. The number of nitrogens with zero attached hydrogens (tertiary/aromatic N) is 1. The highest BCUT2D eigenvalue weighted by Crippen LogP contribution is 2.21. The van der Waals surface area contributed by atoms with E-state index in [0.717, 1.165) is 25.2 Å². The van der Waals surface area contributed by atoms with Crippen molar-refractivity contribution in [3.05, 3.63) is 70.0 Å². The van der Waals surface area contributed by atoms with Crippen LogP contribution in [-0.2, 0) is 6.54 Å². The van der Waals surface area contributed by atoms with Crippen LogP contribution >= 0.6 is 11.6 Å². The van der Waals surface area contributed by atoms with E-state index in [1.54, 1.807) is 6.07 Å². The van der Waals surface area contributed by atoms with Gasteiger partial charge in [0, 0.05) is 17.7 Å². The highest BCUT2D eigenvalue weighted by Gasteiger charge is 2.17. The largest absolute Gasteiger partial charge is 0.299 e. The highest BCUT2D eigenvalue weighted by atomic mass is 35.5. The monoisotopic (exact) mass is 331 g/mol. The summed E-state index contributed by atoms with van der Waals surface area (Å²) in [4.78, 5) is 15.1. The molecule has 0 spiro atoms. The van der Waals surface area contributed by atoms with E-state index in [1.807, 2.05) is 24.3 Å². The Morgan fingerprint density at radius 3 is 2.57 bits per heavy atom. The van der Waals surface area contributed by atoms with Crippen LogP contribution in [0.5, 0.6) is 0 Å². The van der Waals surface area contributed by atoms with Gasteiger partial charge in [0.25, 0.3) is 0 Å². The third kappa shape index (κ3) is 3.80. The predicted molar refractivity (Wildman–Crippen MR) is 90.4 cm³/mol. The van der Waals surface area contributed by atoms with Crippen molar-refractivity contribution < 1.29 is 9.18 Å². The van der Waals surface area contributed by atoms with E-state index in [-0.39, 0.29) is 10.8 Å². The molecule has 0 saturated carbocycles. The van der Waals surface area contributed by atoms with Crippen molar-refractivity contribution in [3.8, 4) is 0 Å². The zero-order valence-corrected chi connectivity index (χ0v) is 13.7. The fraction of sp³-hybridized carbons (Fsp3) is 0.316. The van der Waals surface area contributed by atoms with Crippen molar-refractivity contribution in [2.45, 2.75) is 25.8 Å². The molecule has 0 radical (unpaired) electrons. The zero-order chi connectivity index (χ0) is 16.2. The highest BCUT2D eigenvalue weighted by molar-refractivity contribution is 6.30. The van der Waals surface area contributed by atoms with Crippen molar-refractivity contribution >= 4 is 17.4 Å². The number of hydrogen-bond donors (Lipinski definition) is 0. The van der Waals surface area contributed by atoms with Gasteiger partial charge in [-0.15, -0.1) is 0 Å². The summed E-state index contributed by atoms with van der Waals surface area (Å²) in [6, 6.07) is 11.8. The summed E-state index contributed by atoms with van der Waals surface area (Å²) in [7, 11) is 0. The second kappa shape index (κ2) is 7.24. The molecule has 0 N–H and O–H groups in total. The van der Waals surface area contributed by atoms with Gasteiger partial charge in [0.15, 0.2) is 5.78 Å². The summed E-state index contributed by atoms with van der Waals surface area (Å²) in [5.74, 6) is -0.723. The number of piperidine rings is 1. The van der Waals surface area contributed by atoms with E-state index in [1.165, 1.54) is 31.4 Å². The van der Waals surface area contributed by atoms with Crippen LogP contribution < -0.4 is 0 Å². The fourth-order valence-corrected chi connectivity index (χ4v) is 3.15. The van der Waals surface area contributed by atoms with Crippen LogP contribution in [0.3, 0.4) is 0 Å². The molecule has 0 bridgehead atoms. The minimum atomic E-state index is -0.564. The van der Waals surface area contributed by atoms with Crippen LogP contribution in [0.25, 0.3) is 0 Å². The summed E-state index contributed by atoms with van der Waals surface area (Å²) in [5, 5.41) is 0.0307. The quantitative estimate of drug-likeness (QED) is 0.757. The maximum atomic E-state index is 13.6. The first kappa shape index (κ1) is 16.2. The summed E-state index contributed by atoms with van der Waals surface area (Å²) < 4.78 is 13.6. The van der Waals surface area contributed by atoms with Gasteiger partial charge in [-0.3, -0.25) is 9.69 Å². The molecule has 2 aromatic rings. The van der Waals surface area contributed by atoms with Crippen molar-refractivity contribution in [1.29, 1.82) is 0 Å². The van der Waals surface area contributed by atoms with E-state index < -0.39 is 5.82 Å². The number of likely N-dealkylation sites (tertiary alicyclic amines) is 1. The molecule has 3 rings (SSSR count). The molecule has 1 aliphatic heterocycles. The SMILES string of the molecule is O=C(c1ccc(Cl)c(F)c1)c1ccccc1CN1CCCCC1. The summed E-state index contributed by atoms with van der Waals surface area (Å²) in [6.45, 7) is 2.90. The molecule has 0 aromatic heterocycles. The van der Waals surface area contributed by atoms with Crippen LogP contribution in [0.15, 0.2) is 42.5 Å². The average molecular weight is 332 g/mol. The second-order valence-electron chi connectivity index (χ2n) is 5.95. The lowest BCUT2D eigenvalue weighted by Gasteiger charge is -2.27. The normalized spacial score (nSPS) is 15.6. The maximum Gasteiger partial charge on any atom is 0.193 e. The molecule has 23 heavy (non-hydrogen) atoms. The molecule has 2 aromatic carbocycles. The number of rotatable bonds is 4. The molecular weight excluding hydrogens is 313 g/mol. The number of ketones is 1. The van der Waals surface area contributed by atoms with Gasteiger partial charge < -0.3 is 0 Å². The molecule has 0 atom stereocenters. The Morgan fingerprint density at radius 2 is 1.83 bits per heavy atom. The van der Waals surface area contributed by atoms with Crippen LogP contribution in [0.2, 0.25) is 5.02 Å². The molecule has 0 unspecified atom stereocenters. The first-order chi connectivity index (χ1) is 11.1. The molecule has 0 amide bonds. The van der Waals surface area contributed by atoms with Crippen LogP contribution in [0, 0.1) is 5.82 Å². The predicted octanol–water partition coefficient (Wildman–Crippen LogP) is 4.70. The van der Waals surface area contributed by atoms with E-state index in [2.05, 4.69) is 4.90 Å². The third-order valence-corrected chi connectivity index (χ3v) is 4.59. The van der Waals surface area contributed by atoms with Gasteiger partial charge in [0.1, 0.15) is 5.82 Å². The lowest BCUT2D eigenvalue weighted by molar-refractivity contribution is 0.103. The minimum Gasteiger partial charge on any atom is -0.299 e. The average Bonchev–Trinajstić information content (AvgIpc) is 2.58. The van der Waals surface area contributed by atoms with Gasteiger partial charge in [0.2, 0.25) is 0 Å². The van der Waals surface area contributed by atoms with Gasteiger partial charge in [-0.1, -0.05) is 42.3 Å². The first-order valence-electron chi connectivity index (χ1n) is 7.95. The number of carbonyl (C=O) groups excluding carboxylic acids is 1. The minimum absolute atomic E-state index is 0.0307. The molecule has 0 aliphatic carbocycles. The van der Waals surface area contributed by atoms with Crippen LogP contribution in [0.1, 0.15) is 40.7 Å². The third-order valence-electron chi connectivity index (χ3n) is 4.29. The van der Waals surface area contributed by atoms with Crippen molar-refractivity contribution in [3.63, 3.8) is 0 Å². The molecule has 1 saturated heterocycles. The summed E-state index contributed by atoms with van der Waals surface area (Å²) in [5.41, 5.74) is 1.97. The Kier molecular flexibility index (Phi) is 5.09. The zero-order valence-electron chi connectivity index (χ0n) is 12.9. The van der Waals surface area contributed by atoms with Crippen molar-refractivity contribution in [2.24, 2.45) is 0 Å². The van der Waals surface area contributed by atoms with Gasteiger partial charge in [-0.05, 0) is 49.7 Å². The number of benzene rings is 2. The lowest BCUT2D eigenvalue weighted by Crippen LogP contribution is -2.29. The number of halogens is 2. The maximum absolute atomic E-state index is 13.6. The Hall–Kier alpha value is -1.71. The molecule has 1 aliphatic rings. The first-order valence-corrected chi connectivity index (χ1v) is 8.33. The van der Waals surface area contributed by atoms with Gasteiger partial charge in [-0.25, -0.2) is 4.39 Å². The molecule has 120 valence electrons. The second-order valence-corrected chi connectivity index (χ2v) is 6.36. The molecule has 1 fully saturated rings. The number of hydrogen-bond acceptors (Lipinski definition) is 2. The van der Waals surface area contributed by atoms with Gasteiger partial charge >= 0.3 is 0 Å². The number of carbonyl (C=O) groups is 1. The Labute approximate surface area is 140 Å². The van der Waals surface area contributed by atoms with E-state index in [9.17, 15) is 9.18 Å². The van der Waals surface area contributed by atoms with Crippen molar-refractivity contribution in [2.75, 3.05) is 13.1 Å². The van der Waals surface area contributed by atoms with E-state index >= 15 is 0 Å². The standard InChI is InChI=1S/C19H19ClFNO/c20-17-9-8-14(12-18(17)21)19(23)16-7-3-2-6-15(16)13-22-10-4-1-5-11-22/h2-3,6-9,12H,1,4-5,10-11,13H2. The van der Waals surface area contributed by atoms with Gasteiger partial charge in [-0.2, -0.15) is 0 Å². The van der Waals surface area contributed by atoms with Crippen LogP contribution in [-0.4, -0.2) is 23.8 Å². The molecular formula is C19H19ClFNO. The van der Waals surface area contributed by atoms with E-state index in [4.69, 9.17) is 11.6 Å². The van der Waals surface area contributed by atoms with Crippen LogP contribution in [0.4, 0.5) is 4.39 Å². The fourth-order valence-electron chi connectivity index (χ4n) is 3.03.